The second kappa shape index (κ2) is 6.21. The molecule has 0 saturated heterocycles. The summed E-state index contributed by atoms with van der Waals surface area (Å²) in [5, 5.41) is 0. The standard InChI is InChI=1S/C14H19N5O/c1-4-12-16-13(18-15)9-14(17-12)19(2)10-6-5-7-11(8-10)20-3/h5-9H,4,15H2,1-3H3,(H,16,17,18). The van der Waals surface area contributed by atoms with Gasteiger partial charge in [0, 0.05) is 31.3 Å². The molecule has 1 heterocycles. The summed E-state index contributed by atoms with van der Waals surface area (Å²) in [4.78, 5) is 10.8. The summed E-state index contributed by atoms with van der Waals surface area (Å²) in [6.45, 7) is 2.00. The van der Waals surface area contributed by atoms with Gasteiger partial charge in [-0.2, -0.15) is 0 Å². The van der Waals surface area contributed by atoms with Gasteiger partial charge in [-0.05, 0) is 12.1 Å². The molecule has 1 aromatic carbocycles. The molecule has 2 rings (SSSR count). The van der Waals surface area contributed by atoms with Crippen molar-refractivity contribution >= 4 is 17.3 Å². The molecule has 0 aliphatic rings. The van der Waals surface area contributed by atoms with E-state index in [0.29, 0.717) is 5.82 Å². The van der Waals surface area contributed by atoms with E-state index in [4.69, 9.17) is 10.6 Å². The van der Waals surface area contributed by atoms with Gasteiger partial charge in [-0.15, -0.1) is 0 Å². The Balaban J connectivity index is 2.38. The van der Waals surface area contributed by atoms with Crippen LogP contribution in [0.2, 0.25) is 0 Å². The molecule has 0 amide bonds. The first kappa shape index (κ1) is 14.1. The van der Waals surface area contributed by atoms with Crippen molar-refractivity contribution in [3.05, 3.63) is 36.2 Å². The van der Waals surface area contributed by atoms with E-state index in [1.54, 1.807) is 13.2 Å². The van der Waals surface area contributed by atoms with E-state index in [9.17, 15) is 0 Å². The molecule has 0 unspecified atom stereocenters. The van der Waals surface area contributed by atoms with Gasteiger partial charge in [0.1, 0.15) is 23.2 Å². The van der Waals surface area contributed by atoms with Crippen LogP contribution in [0.25, 0.3) is 0 Å². The van der Waals surface area contributed by atoms with E-state index in [0.717, 1.165) is 29.5 Å². The number of methoxy groups -OCH3 is 1. The Morgan fingerprint density at radius 3 is 2.75 bits per heavy atom. The Kier molecular flexibility index (Phi) is 4.37. The number of aromatic nitrogens is 2. The monoisotopic (exact) mass is 273 g/mol. The molecule has 0 atom stereocenters. The summed E-state index contributed by atoms with van der Waals surface area (Å²) in [5.74, 6) is 8.37. The largest absolute Gasteiger partial charge is 0.497 e. The highest BCUT2D eigenvalue weighted by molar-refractivity contribution is 5.63. The summed E-state index contributed by atoms with van der Waals surface area (Å²) in [5.41, 5.74) is 3.55. The highest BCUT2D eigenvalue weighted by atomic mass is 16.5. The number of hydrogen-bond acceptors (Lipinski definition) is 6. The van der Waals surface area contributed by atoms with Gasteiger partial charge >= 0.3 is 0 Å². The lowest BCUT2D eigenvalue weighted by atomic mass is 10.2. The van der Waals surface area contributed by atoms with Crippen LogP contribution >= 0.6 is 0 Å². The van der Waals surface area contributed by atoms with E-state index < -0.39 is 0 Å². The van der Waals surface area contributed by atoms with Crippen LogP contribution in [0.1, 0.15) is 12.7 Å². The second-order valence-electron chi connectivity index (χ2n) is 4.29. The fourth-order valence-corrected chi connectivity index (χ4v) is 1.84. The summed E-state index contributed by atoms with van der Waals surface area (Å²) < 4.78 is 5.24. The molecule has 3 N–H and O–H groups in total. The Labute approximate surface area is 118 Å². The molecule has 0 spiro atoms. The van der Waals surface area contributed by atoms with Crippen LogP contribution in [0.15, 0.2) is 30.3 Å². The van der Waals surface area contributed by atoms with Gasteiger partial charge in [-0.1, -0.05) is 13.0 Å². The fourth-order valence-electron chi connectivity index (χ4n) is 1.84. The third-order valence-corrected chi connectivity index (χ3v) is 3.01. The van der Waals surface area contributed by atoms with E-state index in [1.165, 1.54) is 0 Å². The molecule has 0 saturated carbocycles. The number of hydrazine groups is 1. The number of anilines is 3. The summed E-state index contributed by atoms with van der Waals surface area (Å²) in [7, 11) is 3.59. The zero-order valence-corrected chi connectivity index (χ0v) is 11.9. The summed E-state index contributed by atoms with van der Waals surface area (Å²) in [6, 6.07) is 9.59. The maximum Gasteiger partial charge on any atom is 0.145 e. The van der Waals surface area contributed by atoms with Gasteiger partial charge in [-0.3, -0.25) is 0 Å². The molecule has 0 aliphatic carbocycles. The smallest absolute Gasteiger partial charge is 0.145 e. The first-order valence-corrected chi connectivity index (χ1v) is 6.40. The van der Waals surface area contributed by atoms with Crippen LogP contribution in [-0.2, 0) is 6.42 Å². The van der Waals surface area contributed by atoms with E-state index in [1.807, 2.05) is 43.1 Å². The number of hydrogen-bond donors (Lipinski definition) is 2. The van der Waals surface area contributed by atoms with Crippen molar-refractivity contribution in [1.29, 1.82) is 0 Å². The Bertz CT molecular complexity index is 565. The van der Waals surface area contributed by atoms with Crippen LogP contribution in [-0.4, -0.2) is 24.1 Å². The van der Waals surface area contributed by atoms with Gasteiger partial charge in [0.25, 0.3) is 0 Å². The molecule has 2 aromatic rings. The number of benzene rings is 1. The molecule has 6 heteroatoms. The van der Waals surface area contributed by atoms with E-state index in [2.05, 4.69) is 15.4 Å². The van der Waals surface area contributed by atoms with Crippen LogP contribution in [0.3, 0.4) is 0 Å². The topological polar surface area (TPSA) is 76.3 Å². The number of nitrogen functional groups attached to an aromatic ring is 1. The van der Waals surface area contributed by atoms with Gasteiger partial charge < -0.3 is 15.1 Å². The third kappa shape index (κ3) is 2.97. The van der Waals surface area contributed by atoms with Crippen molar-refractivity contribution in [2.75, 3.05) is 24.5 Å². The van der Waals surface area contributed by atoms with Crippen LogP contribution in [0, 0.1) is 0 Å². The second-order valence-corrected chi connectivity index (χ2v) is 4.29. The minimum atomic E-state index is 0.599. The van der Waals surface area contributed by atoms with Crippen molar-refractivity contribution in [2.24, 2.45) is 5.84 Å². The molecule has 20 heavy (non-hydrogen) atoms. The first-order chi connectivity index (χ1) is 9.67. The van der Waals surface area contributed by atoms with E-state index in [-0.39, 0.29) is 0 Å². The van der Waals surface area contributed by atoms with Gasteiger partial charge in [-0.25, -0.2) is 15.8 Å². The van der Waals surface area contributed by atoms with E-state index >= 15 is 0 Å². The van der Waals surface area contributed by atoms with Crippen LogP contribution in [0.5, 0.6) is 5.75 Å². The van der Waals surface area contributed by atoms with Crippen molar-refractivity contribution in [3.8, 4) is 5.75 Å². The van der Waals surface area contributed by atoms with Crippen LogP contribution < -0.4 is 20.9 Å². The lowest BCUT2D eigenvalue weighted by Gasteiger charge is -2.20. The molecule has 0 radical (unpaired) electrons. The number of nitrogens with one attached hydrogen (secondary N) is 1. The Hall–Kier alpha value is -2.34. The normalized spacial score (nSPS) is 10.2. The zero-order chi connectivity index (χ0) is 14.5. The van der Waals surface area contributed by atoms with Crippen molar-refractivity contribution in [2.45, 2.75) is 13.3 Å². The average molecular weight is 273 g/mol. The van der Waals surface area contributed by atoms with Crippen LogP contribution in [0.4, 0.5) is 17.3 Å². The molecule has 0 fully saturated rings. The van der Waals surface area contributed by atoms with Crippen molar-refractivity contribution < 1.29 is 4.74 Å². The Morgan fingerprint density at radius 1 is 1.30 bits per heavy atom. The molecule has 106 valence electrons. The van der Waals surface area contributed by atoms with Crippen molar-refractivity contribution in [3.63, 3.8) is 0 Å². The molecule has 6 nitrogen and oxygen atoms in total. The fraction of sp³-hybridized carbons (Fsp3) is 0.286. The molecule has 0 bridgehead atoms. The predicted octanol–water partition coefficient (Wildman–Crippen LogP) is 2.10. The lowest BCUT2D eigenvalue weighted by Crippen LogP contribution is -2.16. The number of ether oxygens (including phenoxy) is 1. The number of nitrogens with two attached hydrogens (primary N) is 1. The van der Waals surface area contributed by atoms with Crippen molar-refractivity contribution in [1.82, 2.24) is 9.97 Å². The molecular weight excluding hydrogens is 254 g/mol. The number of nitrogens with zero attached hydrogens (tertiary/aromatic N) is 3. The SMILES string of the molecule is CCc1nc(NN)cc(N(C)c2cccc(OC)c2)n1. The molecule has 1 aromatic heterocycles. The summed E-state index contributed by atoms with van der Waals surface area (Å²) >= 11 is 0. The quantitative estimate of drug-likeness (QED) is 0.642. The number of aryl methyl sites for hydroxylation is 1. The maximum absolute atomic E-state index is 5.45. The minimum absolute atomic E-state index is 0.599. The first-order valence-electron chi connectivity index (χ1n) is 6.40. The van der Waals surface area contributed by atoms with Gasteiger partial charge in [0.2, 0.25) is 0 Å². The highest BCUT2D eigenvalue weighted by Gasteiger charge is 2.10. The van der Waals surface area contributed by atoms with Gasteiger partial charge in [0.05, 0.1) is 7.11 Å². The minimum Gasteiger partial charge on any atom is -0.497 e. The number of rotatable bonds is 5. The highest BCUT2D eigenvalue weighted by Crippen LogP contribution is 2.26. The lowest BCUT2D eigenvalue weighted by molar-refractivity contribution is 0.415. The molecule has 0 aliphatic heterocycles. The molecular formula is C14H19N5O. The van der Waals surface area contributed by atoms with Gasteiger partial charge in [0.15, 0.2) is 0 Å². The third-order valence-electron chi connectivity index (χ3n) is 3.01. The predicted molar refractivity (Wildman–Crippen MR) is 80.3 cm³/mol. The maximum atomic E-state index is 5.45. The Morgan fingerprint density at radius 2 is 2.10 bits per heavy atom. The average Bonchev–Trinajstić information content (AvgIpc) is 2.53. The summed E-state index contributed by atoms with van der Waals surface area (Å²) in [6.07, 6.45) is 0.745. The zero-order valence-electron chi connectivity index (χ0n) is 11.9.